The summed E-state index contributed by atoms with van der Waals surface area (Å²) in [5, 5.41) is 4.20. The van der Waals surface area contributed by atoms with Gasteiger partial charge in [0.25, 0.3) is 0 Å². The summed E-state index contributed by atoms with van der Waals surface area (Å²) < 4.78 is 14.0. The number of fused-ring (bicyclic) bond motifs is 1. The molecule has 1 aromatic carbocycles. The molecule has 0 amide bonds. The smallest absolute Gasteiger partial charge is 0.183 e. The van der Waals surface area contributed by atoms with Crippen LogP contribution in [0, 0.1) is 5.82 Å². The van der Waals surface area contributed by atoms with Crippen LogP contribution >= 0.6 is 11.3 Å². The van der Waals surface area contributed by atoms with Crippen LogP contribution in [0.2, 0.25) is 0 Å². The average Bonchev–Trinajstić information content (AvgIpc) is 2.75. The molecule has 0 bridgehead atoms. The summed E-state index contributed by atoms with van der Waals surface area (Å²) in [6.45, 7) is 10.7. The van der Waals surface area contributed by atoms with Crippen molar-refractivity contribution in [2.24, 2.45) is 0 Å². The van der Waals surface area contributed by atoms with Gasteiger partial charge in [0.1, 0.15) is 5.82 Å². The lowest BCUT2D eigenvalue weighted by molar-refractivity contribution is 0.182. The van der Waals surface area contributed by atoms with Gasteiger partial charge in [-0.3, -0.25) is 4.90 Å². The minimum absolute atomic E-state index is 0.210. The van der Waals surface area contributed by atoms with E-state index in [1.807, 2.05) is 0 Å². The molecule has 20 heavy (non-hydrogen) atoms. The standard InChI is InChI=1S/C15H22FN3S/c1-10(2)19(11(3)4)8-7-17-15-18-13-6-5-12(16)9-14(13)20-15/h5-6,9-11H,7-8H2,1-4H3,(H,17,18). The predicted molar refractivity (Wildman–Crippen MR) is 85.0 cm³/mol. The molecule has 0 spiro atoms. The van der Waals surface area contributed by atoms with Crippen LogP contribution in [-0.4, -0.2) is 35.1 Å². The topological polar surface area (TPSA) is 28.2 Å². The van der Waals surface area contributed by atoms with Gasteiger partial charge in [0.2, 0.25) is 0 Å². The second-order valence-electron chi connectivity index (χ2n) is 5.48. The van der Waals surface area contributed by atoms with Crippen molar-refractivity contribution in [2.75, 3.05) is 18.4 Å². The van der Waals surface area contributed by atoms with Crippen molar-refractivity contribution in [3.05, 3.63) is 24.0 Å². The number of hydrogen-bond acceptors (Lipinski definition) is 4. The van der Waals surface area contributed by atoms with Crippen LogP contribution in [0.25, 0.3) is 10.2 Å². The van der Waals surface area contributed by atoms with Crippen LogP contribution in [-0.2, 0) is 0 Å². The molecule has 0 aliphatic heterocycles. The molecule has 0 atom stereocenters. The molecule has 1 heterocycles. The number of benzene rings is 1. The van der Waals surface area contributed by atoms with Gasteiger partial charge in [0.05, 0.1) is 10.2 Å². The maximum Gasteiger partial charge on any atom is 0.183 e. The van der Waals surface area contributed by atoms with Crippen molar-refractivity contribution in [3.63, 3.8) is 0 Å². The number of aromatic nitrogens is 1. The number of halogens is 1. The molecule has 0 saturated carbocycles. The predicted octanol–water partition coefficient (Wildman–Crippen LogP) is 3.97. The molecule has 0 aliphatic carbocycles. The molecule has 0 aliphatic rings. The van der Waals surface area contributed by atoms with Gasteiger partial charge in [-0.25, -0.2) is 9.37 Å². The lowest BCUT2D eigenvalue weighted by Crippen LogP contribution is -2.40. The zero-order valence-corrected chi connectivity index (χ0v) is 13.3. The van der Waals surface area contributed by atoms with Crippen LogP contribution < -0.4 is 5.32 Å². The Morgan fingerprint density at radius 2 is 1.95 bits per heavy atom. The van der Waals surface area contributed by atoms with Gasteiger partial charge in [-0.1, -0.05) is 11.3 Å². The molecule has 0 fully saturated rings. The molecule has 2 aromatic rings. The van der Waals surface area contributed by atoms with Crippen LogP contribution in [0.3, 0.4) is 0 Å². The first-order chi connectivity index (χ1) is 9.47. The maximum atomic E-state index is 13.1. The largest absolute Gasteiger partial charge is 0.360 e. The minimum Gasteiger partial charge on any atom is -0.360 e. The Morgan fingerprint density at radius 1 is 1.25 bits per heavy atom. The Balaban J connectivity index is 1.95. The summed E-state index contributed by atoms with van der Waals surface area (Å²) in [5.74, 6) is -0.210. The normalized spacial score (nSPS) is 12.0. The van der Waals surface area contributed by atoms with Gasteiger partial charge in [-0.15, -0.1) is 0 Å². The summed E-state index contributed by atoms with van der Waals surface area (Å²) in [6.07, 6.45) is 0. The van der Waals surface area contributed by atoms with E-state index in [2.05, 4.69) is 42.9 Å². The Labute approximate surface area is 123 Å². The van der Waals surface area contributed by atoms with E-state index in [-0.39, 0.29) is 5.82 Å². The summed E-state index contributed by atoms with van der Waals surface area (Å²) in [6, 6.07) is 5.76. The Hall–Kier alpha value is -1.20. The molecule has 0 unspecified atom stereocenters. The first-order valence-electron chi connectivity index (χ1n) is 7.03. The highest BCUT2D eigenvalue weighted by Crippen LogP contribution is 2.26. The van der Waals surface area contributed by atoms with E-state index >= 15 is 0 Å². The average molecular weight is 295 g/mol. The van der Waals surface area contributed by atoms with Gasteiger partial charge < -0.3 is 5.32 Å². The van der Waals surface area contributed by atoms with E-state index in [4.69, 9.17) is 0 Å². The van der Waals surface area contributed by atoms with Gasteiger partial charge in [0, 0.05) is 25.2 Å². The zero-order chi connectivity index (χ0) is 14.7. The van der Waals surface area contributed by atoms with Crippen molar-refractivity contribution >= 4 is 26.7 Å². The van der Waals surface area contributed by atoms with Crippen molar-refractivity contribution in [1.29, 1.82) is 0 Å². The molecule has 1 N–H and O–H groups in total. The Bertz CT molecular complexity index is 557. The van der Waals surface area contributed by atoms with E-state index in [1.165, 1.54) is 23.5 Å². The summed E-state index contributed by atoms with van der Waals surface area (Å²) >= 11 is 1.50. The molecule has 2 rings (SSSR count). The lowest BCUT2D eigenvalue weighted by Gasteiger charge is -2.30. The number of rotatable bonds is 6. The highest BCUT2D eigenvalue weighted by Gasteiger charge is 2.12. The second-order valence-corrected chi connectivity index (χ2v) is 6.51. The van der Waals surface area contributed by atoms with E-state index in [0.29, 0.717) is 12.1 Å². The third kappa shape index (κ3) is 3.67. The Morgan fingerprint density at radius 3 is 2.60 bits per heavy atom. The van der Waals surface area contributed by atoms with Gasteiger partial charge >= 0.3 is 0 Å². The fourth-order valence-electron chi connectivity index (χ4n) is 2.38. The van der Waals surface area contributed by atoms with Crippen LogP contribution in [0.5, 0.6) is 0 Å². The van der Waals surface area contributed by atoms with E-state index in [9.17, 15) is 4.39 Å². The molecule has 110 valence electrons. The zero-order valence-electron chi connectivity index (χ0n) is 12.5. The van der Waals surface area contributed by atoms with Gasteiger partial charge in [-0.2, -0.15) is 0 Å². The SMILES string of the molecule is CC(C)N(CCNc1nc2ccc(F)cc2s1)C(C)C. The lowest BCUT2D eigenvalue weighted by atomic mass is 10.2. The number of nitrogens with one attached hydrogen (secondary N) is 1. The maximum absolute atomic E-state index is 13.1. The third-order valence-electron chi connectivity index (χ3n) is 3.32. The van der Waals surface area contributed by atoms with Crippen LogP contribution in [0.4, 0.5) is 9.52 Å². The molecule has 0 radical (unpaired) electrons. The number of anilines is 1. The van der Waals surface area contributed by atoms with E-state index in [0.717, 1.165) is 28.4 Å². The molecule has 0 saturated heterocycles. The number of thiazole rings is 1. The van der Waals surface area contributed by atoms with Crippen LogP contribution in [0.15, 0.2) is 18.2 Å². The van der Waals surface area contributed by atoms with Crippen molar-refractivity contribution in [3.8, 4) is 0 Å². The van der Waals surface area contributed by atoms with E-state index in [1.54, 1.807) is 6.07 Å². The van der Waals surface area contributed by atoms with Crippen molar-refractivity contribution < 1.29 is 4.39 Å². The monoisotopic (exact) mass is 295 g/mol. The fraction of sp³-hybridized carbons (Fsp3) is 0.533. The fourth-order valence-corrected chi connectivity index (χ4v) is 3.29. The number of hydrogen-bond donors (Lipinski definition) is 1. The highest BCUT2D eigenvalue weighted by atomic mass is 32.1. The number of nitrogens with zero attached hydrogens (tertiary/aromatic N) is 2. The second kappa shape index (κ2) is 6.50. The molecular weight excluding hydrogens is 273 g/mol. The third-order valence-corrected chi connectivity index (χ3v) is 4.30. The van der Waals surface area contributed by atoms with Crippen molar-refractivity contribution in [1.82, 2.24) is 9.88 Å². The summed E-state index contributed by atoms with van der Waals surface area (Å²) in [5.41, 5.74) is 0.850. The first-order valence-corrected chi connectivity index (χ1v) is 7.84. The Kier molecular flexibility index (Phi) is 4.94. The minimum atomic E-state index is -0.210. The molecule has 3 nitrogen and oxygen atoms in total. The summed E-state index contributed by atoms with van der Waals surface area (Å²) in [7, 11) is 0. The van der Waals surface area contributed by atoms with Gasteiger partial charge in [-0.05, 0) is 45.9 Å². The summed E-state index contributed by atoms with van der Waals surface area (Å²) in [4.78, 5) is 6.89. The van der Waals surface area contributed by atoms with E-state index < -0.39 is 0 Å². The quantitative estimate of drug-likeness (QED) is 0.874. The molecule has 1 aromatic heterocycles. The van der Waals surface area contributed by atoms with Gasteiger partial charge in [0.15, 0.2) is 5.13 Å². The highest BCUT2D eigenvalue weighted by molar-refractivity contribution is 7.22. The first kappa shape index (κ1) is 15.2. The van der Waals surface area contributed by atoms with Crippen molar-refractivity contribution in [2.45, 2.75) is 39.8 Å². The molecule has 5 heteroatoms. The molecular formula is C15H22FN3S. The van der Waals surface area contributed by atoms with Crippen LogP contribution in [0.1, 0.15) is 27.7 Å².